The molecule has 0 heterocycles. The molecule has 2 heteroatoms. The highest BCUT2D eigenvalue weighted by atomic mass is 16.5. The van der Waals surface area contributed by atoms with Gasteiger partial charge in [-0.05, 0) is 6.92 Å². The summed E-state index contributed by atoms with van der Waals surface area (Å²) in [5.41, 5.74) is 0. The summed E-state index contributed by atoms with van der Waals surface area (Å²) in [6, 6.07) is 0. The first-order valence-electron chi connectivity index (χ1n) is 2.33. The van der Waals surface area contributed by atoms with Gasteiger partial charge in [0.1, 0.15) is 0 Å². The summed E-state index contributed by atoms with van der Waals surface area (Å²) in [4.78, 5) is 0. The fourth-order valence-electron chi connectivity index (χ4n) is 0.234. The van der Waals surface area contributed by atoms with Gasteiger partial charge in [-0.15, -0.1) is 0 Å². The average molecular weight is 101 g/mol. The second-order valence-corrected chi connectivity index (χ2v) is 1.10. The van der Waals surface area contributed by atoms with Gasteiger partial charge in [0.05, 0.1) is 13.4 Å². The number of nitrogens with one attached hydrogen (secondary N) is 1. The zero-order valence-electron chi connectivity index (χ0n) is 4.77. The molecule has 1 N–H and O–H groups in total. The molecule has 2 nitrogen and oxygen atoms in total. The lowest BCUT2D eigenvalue weighted by Crippen LogP contribution is -2.01. The Hall–Kier alpha value is -0.660. The largest absolute Gasteiger partial charge is 0.503 e. The minimum Gasteiger partial charge on any atom is -0.503 e. The third-order valence-electron chi connectivity index (χ3n) is 0.526. The number of rotatable bonds is 3. The molecule has 0 atom stereocenters. The van der Waals surface area contributed by atoms with Crippen molar-refractivity contribution in [3.05, 3.63) is 12.5 Å². The second-order valence-electron chi connectivity index (χ2n) is 1.10. The van der Waals surface area contributed by atoms with Gasteiger partial charge >= 0.3 is 0 Å². The minimum absolute atomic E-state index is 0.944. The zero-order valence-corrected chi connectivity index (χ0v) is 4.77. The first kappa shape index (κ1) is 6.34. The van der Waals surface area contributed by atoms with Crippen LogP contribution in [0.15, 0.2) is 12.5 Å². The fourth-order valence-corrected chi connectivity index (χ4v) is 0.234. The van der Waals surface area contributed by atoms with Crippen molar-refractivity contribution in [2.75, 3.05) is 13.7 Å². The summed E-state index contributed by atoms with van der Waals surface area (Å²) in [6.45, 7) is 2.97. The van der Waals surface area contributed by atoms with Crippen molar-refractivity contribution in [2.24, 2.45) is 0 Å². The van der Waals surface area contributed by atoms with Gasteiger partial charge in [-0.3, -0.25) is 0 Å². The highest BCUT2D eigenvalue weighted by Crippen LogP contribution is 1.64. The Balaban J connectivity index is 2.78. The molecule has 0 bridgehead atoms. The zero-order chi connectivity index (χ0) is 5.54. The lowest BCUT2D eigenvalue weighted by Gasteiger charge is -1.88. The molecule has 0 radical (unpaired) electrons. The van der Waals surface area contributed by atoms with Crippen LogP contribution in [-0.4, -0.2) is 13.7 Å². The van der Waals surface area contributed by atoms with E-state index in [1.807, 2.05) is 6.92 Å². The van der Waals surface area contributed by atoms with Gasteiger partial charge in [0.2, 0.25) is 0 Å². The number of hydrogen-bond acceptors (Lipinski definition) is 2. The van der Waals surface area contributed by atoms with Crippen LogP contribution in [0.3, 0.4) is 0 Å². The molecule has 0 spiro atoms. The Bertz CT molecular complexity index is 52.0. The van der Waals surface area contributed by atoms with Crippen molar-refractivity contribution in [3.63, 3.8) is 0 Å². The summed E-state index contributed by atoms with van der Waals surface area (Å²) in [7, 11) is 1.62. The molecule has 0 aliphatic rings. The third-order valence-corrected chi connectivity index (χ3v) is 0.526. The minimum atomic E-state index is 0.944. The second kappa shape index (κ2) is 5.34. The highest BCUT2D eigenvalue weighted by Gasteiger charge is 1.62. The number of methoxy groups -OCH3 is 1. The van der Waals surface area contributed by atoms with E-state index in [-0.39, 0.29) is 0 Å². The lowest BCUT2D eigenvalue weighted by atomic mass is 10.7. The van der Waals surface area contributed by atoms with Gasteiger partial charge in [0.25, 0.3) is 0 Å². The van der Waals surface area contributed by atoms with E-state index in [0.717, 1.165) is 6.54 Å². The predicted molar refractivity (Wildman–Crippen MR) is 29.8 cm³/mol. The number of hydrogen-bond donors (Lipinski definition) is 1. The Morgan fingerprint density at radius 1 is 1.71 bits per heavy atom. The lowest BCUT2D eigenvalue weighted by molar-refractivity contribution is 0.335. The van der Waals surface area contributed by atoms with E-state index in [1.165, 1.54) is 0 Å². The summed E-state index contributed by atoms with van der Waals surface area (Å²) in [5, 5.41) is 2.94. The van der Waals surface area contributed by atoms with Crippen molar-refractivity contribution in [1.82, 2.24) is 5.32 Å². The Morgan fingerprint density at radius 2 is 2.43 bits per heavy atom. The van der Waals surface area contributed by atoms with Gasteiger partial charge in [0, 0.05) is 12.7 Å². The first-order chi connectivity index (χ1) is 3.41. The summed E-state index contributed by atoms with van der Waals surface area (Å²) >= 11 is 0. The van der Waals surface area contributed by atoms with E-state index in [9.17, 15) is 0 Å². The van der Waals surface area contributed by atoms with Gasteiger partial charge < -0.3 is 10.1 Å². The molecule has 7 heavy (non-hydrogen) atoms. The maximum atomic E-state index is 4.60. The molecule has 0 aliphatic heterocycles. The molecular weight excluding hydrogens is 90.1 g/mol. The van der Waals surface area contributed by atoms with Gasteiger partial charge in [-0.1, -0.05) is 0 Å². The van der Waals surface area contributed by atoms with Crippen molar-refractivity contribution in [2.45, 2.75) is 6.92 Å². The van der Waals surface area contributed by atoms with Crippen molar-refractivity contribution < 1.29 is 4.74 Å². The van der Waals surface area contributed by atoms with Crippen molar-refractivity contribution in [1.29, 1.82) is 0 Å². The molecule has 0 aromatic heterocycles. The molecule has 0 amide bonds. The van der Waals surface area contributed by atoms with Crippen LogP contribution in [0.5, 0.6) is 0 Å². The van der Waals surface area contributed by atoms with E-state index in [1.54, 1.807) is 19.6 Å². The molecule has 0 saturated carbocycles. The topological polar surface area (TPSA) is 21.3 Å². The molecule has 0 fully saturated rings. The normalized spacial score (nSPS) is 9.43. The third kappa shape index (κ3) is 5.34. The average Bonchev–Trinajstić information content (AvgIpc) is 1.69. The monoisotopic (exact) mass is 101 g/mol. The van der Waals surface area contributed by atoms with E-state index in [2.05, 4.69) is 10.1 Å². The standard InChI is InChI=1S/C5H11NO/c1-3-6-4-5-7-2/h4-6H,3H2,1-2H3/b5-4+. The molecule has 0 aromatic carbocycles. The van der Waals surface area contributed by atoms with E-state index in [0.29, 0.717) is 0 Å². The van der Waals surface area contributed by atoms with Crippen LogP contribution in [0.25, 0.3) is 0 Å². The molecule has 0 aromatic rings. The van der Waals surface area contributed by atoms with Crippen LogP contribution in [-0.2, 0) is 4.74 Å². The maximum Gasteiger partial charge on any atom is 0.0981 e. The molecule has 0 unspecified atom stereocenters. The molecule has 0 aliphatic carbocycles. The predicted octanol–water partition coefficient (Wildman–Crippen LogP) is 0.714. The van der Waals surface area contributed by atoms with Crippen molar-refractivity contribution >= 4 is 0 Å². The van der Waals surface area contributed by atoms with Crippen LogP contribution in [0, 0.1) is 0 Å². The van der Waals surface area contributed by atoms with Gasteiger partial charge in [-0.2, -0.15) is 0 Å². The van der Waals surface area contributed by atoms with Crippen molar-refractivity contribution in [3.8, 4) is 0 Å². The van der Waals surface area contributed by atoms with Crippen LogP contribution >= 0.6 is 0 Å². The van der Waals surface area contributed by atoms with Crippen LogP contribution in [0.2, 0.25) is 0 Å². The van der Waals surface area contributed by atoms with Crippen LogP contribution < -0.4 is 5.32 Å². The van der Waals surface area contributed by atoms with Gasteiger partial charge in [0.15, 0.2) is 0 Å². The fraction of sp³-hybridized carbons (Fsp3) is 0.600. The van der Waals surface area contributed by atoms with E-state index in [4.69, 9.17) is 0 Å². The summed E-state index contributed by atoms with van der Waals surface area (Å²) in [6.07, 6.45) is 3.36. The SMILES string of the molecule is CCN/C=C/OC. The maximum absolute atomic E-state index is 4.60. The summed E-state index contributed by atoms with van der Waals surface area (Å²) < 4.78 is 4.60. The van der Waals surface area contributed by atoms with Gasteiger partial charge in [-0.25, -0.2) is 0 Å². The quantitative estimate of drug-likeness (QED) is 0.529. The Kier molecular flexibility index (Phi) is 4.84. The first-order valence-corrected chi connectivity index (χ1v) is 2.33. The molecule has 0 saturated heterocycles. The molecular formula is C5H11NO. The number of ether oxygens (including phenoxy) is 1. The Morgan fingerprint density at radius 3 is 2.86 bits per heavy atom. The molecule has 0 rings (SSSR count). The van der Waals surface area contributed by atoms with E-state index < -0.39 is 0 Å². The molecule has 42 valence electrons. The summed E-state index contributed by atoms with van der Waals surface area (Å²) in [5.74, 6) is 0. The Labute approximate surface area is 44.2 Å². The van der Waals surface area contributed by atoms with Crippen LogP contribution in [0.1, 0.15) is 6.92 Å². The highest BCUT2D eigenvalue weighted by molar-refractivity contribution is 4.67. The van der Waals surface area contributed by atoms with E-state index >= 15 is 0 Å². The smallest absolute Gasteiger partial charge is 0.0981 e. The van der Waals surface area contributed by atoms with Crippen LogP contribution in [0.4, 0.5) is 0 Å².